The van der Waals surface area contributed by atoms with Crippen LogP contribution < -0.4 is 10.6 Å². The Balaban J connectivity index is 2.28. The molecule has 1 fully saturated rings. The minimum absolute atomic E-state index is 0.509. The number of hydrogen-bond donors (Lipinski definition) is 1. The van der Waals surface area contributed by atoms with E-state index in [4.69, 9.17) is 18.0 Å². The van der Waals surface area contributed by atoms with Crippen LogP contribution in [0.25, 0.3) is 0 Å². The Kier molecular flexibility index (Phi) is 4.81. The second-order valence-corrected chi connectivity index (χ2v) is 5.97. The van der Waals surface area contributed by atoms with Crippen LogP contribution in [-0.4, -0.2) is 18.1 Å². The van der Waals surface area contributed by atoms with Gasteiger partial charge in [0.05, 0.1) is 0 Å². The van der Waals surface area contributed by atoms with Gasteiger partial charge in [-0.2, -0.15) is 0 Å². The lowest BCUT2D eigenvalue weighted by Gasteiger charge is -2.27. The smallest absolute Gasteiger partial charge is 0.106 e. The minimum Gasteiger partial charge on any atom is -0.389 e. The number of para-hydroxylation sites is 1. The molecule has 1 aliphatic heterocycles. The zero-order valence-corrected chi connectivity index (χ0v) is 12.8. The van der Waals surface area contributed by atoms with E-state index >= 15 is 0 Å². The number of anilines is 1. The Morgan fingerprint density at radius 1 is 1.37 bits per heavy atom. The molecule has 19 heavy (non-hydrogen) atoms. The molecule has 2 nitrogen and oxygen atoms in total. The van der Waals surface area contributed by atoms with Crippen LogP contribution in [0.2, 0.25) is 0 Å². The van der Waals surface area contributed by atoms with Crippen LogP contribution in [0, 0.1) is 12.8 Å². The molecule has 2 rings (SSSR count). The van der Waals surface area contributed by atoms with Gasteiger partial charge < -0.3 is 10.6 Å². The molecule has 1 aromatic carbocycles. The summed E-state index contributed by atoms with van der Waals surface area (Å²) in [7, 11) is 0. The van der Waals surface area contributed by atoms with Gasteiger partial charge in [0.15, 0.2) is 0 Å². The zero-order valence-electron chi connectivity index (χ0n) is 12.0. The van der Waals surface area contributed by atoms with Crippen LogP contribution in [0.4, 0.5) is 5.69 Å². The van der Waals surface area contributed by atoms with Crippen LogP contribution in [0.5, 0.6) is 0 Å². The Morgan fingerprint density at radius 3 is 2.84 bits per heavy atom. The van der Waals surface area contributed by atoms with E-state index in [2.05, 4.69) is 24.8 Å². The highest BCUT2D eigenvalue weighted by molar-refractivity contribution is 7.80. The van der Waals surface area contributed by atoms with Gasteiger partial charge in [0.1, 0.15) is 4.99 Å². The molecule has 1 saturated heterocycles. The number of aryl methyl sites for hydroxylation is 1. The lowest BCUT2D eigenvalue weighted by molar-refractivity contribution is 0.459. The fraction of sp³-hybridized carbons (Fsp3) is 0.562. The van der Waals surface area contributed by atoms with Crippen molar-refractivity contribution in [1.82, 2.24) is 0 Å². The van der Waals surface area contributed by atoms with Crippen LogP contribution >= 0.6 is 12.2 Å². The summed E-state index contributed by atoms with van der Waals surface area (Å²) in [6.07, 6.45) is 5.19. The molecule has 0 saturated carbocycles. The monoisotopic (exact) mass is 276 g/mol. The van der Waals surface area contributed by atoms with Crippen molar-refractivity contribution >= 4 is 22.9 Å². The van der Waals surface area contributed by atoms with E-state index in [9.17, 15) is 0 Å². The van der Waals surface area contributed by atoms with E-state index in [0.29, 0.717) is 4.99 Å². The van der Waals surface area contributed by atoms with Crippen LogP contribution in [0.15, 0.2) is 18.2 Å². The first-order chi connectivity index (χ1) is 9.13. The Labute approximate surface area is 122 Å². The Morgan fingerprint density at radius 2 is 2.16 bits per heavy atom. The topological polar surface area (TPSA) is 29.3 Å². The molecular weight excluding hydrogens is 252 g/mol. The zero-order chi connectivity index (χ0) is 13.8. The van der Waals surface area contributed by atoms with Crippen molar-refractivity contribution in [3.8, 4) is 0 Å². The molecule has 104 valence electrons. The SMILES string of the molecule is CCC1CCCN(c2c(C)cccc2C(N)=S)CC1. The molecule has 1 aliphatic rings. The quantitative estimate of drug-likeness (QED) is 0.855. The standard InChI is InChI=1S/C16H24N2S/c1-3-13-7-5-10-18(11-9-13)15-12(2)6-4-8-14(15)16(17)19/h4,6,8,13H,3,5,7,9-11H2,1-2H3,(H2,17,19). The minimum atomic E-state index is 0.509. The van der Waals surface area contributed by atoms with Crippen LogP contribution in [0.3, 0.4) is 0 Å². The molecular formula is C16H24N2S. The van der Waals surface area contributed by atoms with E-state index in [1.807, 2.05) is 12.1 Å². The van der Waals surface area contributed by atoms with Crippen LogP contribution in [0.1, 0.15) is 43.7 Å². The molecule has 0 aromatic heterocycles. The average Bonchev–Trinajstić information content (AvgIpc) is 2.63. The van der Waals surface area contributed by atoms with Crippen molar-refractivity contribution in [3.05, 3.63) is 29.3 Å². The Hall–Kier alpha value is -1.09. The van der Waals surface area contributed by atoms with Gasteiger partial charge in [-0.25, -0.2) is 0 Å². The maximum atomic E-state index is 5.89. The summed E-state index contributed by atoms with van der Waals surface area (Å²) >= 11 is 5.21. The highest BCUT2D eigenvalue weighted by Gasteiger charge is 2.20. The predicted molar refractivity (Wildman–Crippen MR) is 86.9 cm³/mol. The van der Waals surface area contributed by atoms with Crippen molar-refractivity contribution in [2.75, 3.05) is 18.0 Å². The molecule has 1 heterocycles. The van der Waals surface area contributed by atoms with Gasteiger partial charge in [-0.3, -0.25) is 0 Å². The van der Waals surface area contributed by atoms with E-state index in [1.165, 1.54) is 36.9 Å². The van der Waals surface area contributed by atoms with Gasteiger partial charge in [0.2, 0.25) is 0 Å². The first-order valence-electron chi connectivity index (χ1n) is 7.27. The molecule has 0 radical (unpaired) electrons. The van der Waals surface area contributed by atoms with Gasteiger partial charge in [-0.05, 0) is 43.7 Å². The van der Waals surface area contributed by atoms with Crippen molar-refractivity contribution in [1.29, 1.82) is 0 Å². The molecule has 1 aromatic rings. The number of benzene rings is 1. The highest BCUT2D eigenvalue weighted by atomic mass is 32.1. The summed E-state index contributed by atoms with van der Waals surface area (Å²) in [4.78, 5) is 2.99. The summed E-state index contributed by atoms with van der Waals surface area (Å²) < 4.78 is 0. The number of rotatable bonds is 3. The third kappa shape index (κ3) is 3.27. The van der Waals surface area contributed by atoms with E-state index in [-0.39, 0.29) is 0 Å². The molecule has 0 amide bonds. The second kappa shape index (κ2) is 6.38. The number of nitrogens with two attached hydrogens (primary N) is 1. The largest absolute Gasteiger partial charge is 0.389 e. The molecule has 2 N–H and O–H groups in total. The van der Waals surface area contributed by atoms with Gasteiger partial charge in [0, 0.05) is 24.3 Å². The molecule has 1 atom stereocenters. The van der Waals surface area contributed by atoms with Crippen molar-refractivity contribution < 1.29 is 0 Å². The summed E-state index contributed by atoms with van der Waals surface area (Å²) in [5.74, 6) is 0.877. The lowest BCUT2D eigenvalue weighted by Crippen LogP contribution is -2.28. The third-order valence-electron chi connectivity index (χ3n) is 4.24. The normalized spacial score (nSPS) is 20.1. The maximum absolute atomic E-state index is 5.89. The highest BCUT2D eigenvalue weighted by Crippen LogP contribution is 2.29. The number of hydrogen-bond acceptors (Lipinski definition) is 2. The van der Waals surface area contributed by atoms with Crippen LogP contribution in [-0.2, 0) is 0 Å². The van der Waals surface area contributed by atoms with E-state index in [0.717, 1.165) is 24.6 Å². The predicted octanol–water partition coefficient (Wildman–Crippen LogP) is 3.65. The lowest BCUT2D eigenvalue weighted by atomic mass is 9.98. The van der Waals surface area contributed by atoms with E-state index in [1.54, 1.807) is 0 Å². The average molecular weight is 276 g/mol. The first-order valence-corrected chi connectivity index (χ1v) is 7.68. The van der Waals surface area contributed by atoms with Crippen molar-refractivity contribution in [3.63, 3.8) is 0 Å². The summed E-state index contributed by atoms with van der Waals surface area (Å²) in [6, 6.07) is 6.24. The molecule has 0 bridgehead atoms. The second-order valence-electron chi connectivity index (χ2n) is 5.53. The summed E-state index contributed by atoms with van der Waals surface area (Å²) in [6.45, 7) is 6.70. The van der Waals surface area contributed by atoms with Gasteiger partial charge in [-0.1, -0.05) is 37.7 Å². The molecule has 1 unspecified atom stereocenters. The fourth-order valence-corrected chi connectivity index (χ4v) is 3.24. The summed E-state index contributed by atoms with van der Waals surface area (Å²) in [5.41, 5.74) is 9.45. The van der Waals surface area contributed by atoms with Crippen molar-refractivity contribution in [2.24, 2.45) is 11.7 Å². The number of thiocarbonyl (C=S) groups is 1. The van der Waals surface area contributed by atoms with E-state index < -0.39 is 0 Å². The molecule has 0 spiro atoms. The molecule has 3 heteroatoms. The summed E-state index contributed by atoms with van der Waals surface area (Å²) in [5, 5.41) is 0. The van der Waals surface area contributed by atoms with Gasteiger partial charge >= 0.3 is 0 Å². The maximum Gasteiger partial charge on any atom is 0.106 e. The van der Waals surface area contributed by atoms with Crippen molar-refractivity contribution in [2.45, 2.75) is 39.5 Å². The fourth-order valence-electron chi connectivity index (χ4n) is 3.07. The van der Waals surface area contributed by atoms with Gasteiger partial charge in [0.25, 0.3) is 0 Å². The Bertz CT molecular complexity index is 456. The number of nitrogens with zero attached hydrogens (tertiary/aromatic N) is 1. The first kappa shape index (κ1) is 14.3. The van der Waals surface area contributed by atoms with Gasteiger partial charge in [-0.15, -0.1) is 0 Å². The molecule has 0 aliphatic carbocycles. The third-order valence-corrected chi connectivity index (χ3v) is 4.46.